The van der Waals surface area contributed by atoms with Crippen LogP contribution in [-0.2, 0) is 4.79 Å². The van der Waals surface area contributed by atoms with Crippen LogP contribution in [0.3, 0.4) is 0 Å². The monoisotopic (exact) mass is 457 g/mol. The third-order valence-electron chi connectivity index (χ3n) is 4.72. The maximum absolute atomic E-state index is 12.5. The summed E-state index contributed by atoms with van der Waals surface area (Å²) < 4.78 is 5.11. The molecule has 0 fully saturated rings. The molecule has 0 aliphatic heterocycles. The van der Waals surface area contributed by atoms with Gasteiger partial charge in [-0.15, -0.1) is 0 Å². The Kier molecular flexibility index (Phi) is 6.66. The molecule has 0 aliphatic rings. The highest BCUT2D eigenvalue weighted by Gasteiger charge is 2.19. The highest BCUT2D eigenvalue weighted by Crippen LogP contribution is 2.34. The third-order valence-corrected chi connectivity index (χ3v) is 5.70. The van der Waals surface area contributed by atoms with Gasteiger partial charge in [0, 0.05) is 11.1 Å². The number of hydrogen-bond donors (Lipinski definition) is 1. The summed E-state index contributed by atoms with van der Waals surface area (Å²) in [6, 6.07) is 23.6. The van der Waals surface area contributed by atoms with Gasteiger partial charge in [-0.2, -0.15) is 10.3 Å². The summed E-state index contributed by atoms with van der Waals surface area (Å²) in [5, 5.41) is 18.6. The molecular weight excluding hydrogens is 436 g/mol. The van der Waals surface area contributed by atoms with Gasteiger partial charge in [-0.3, -0.25) is 14.6 Å². The van der Waals surface area contributed by atoms with Crippen LogP contribution in [0.15, 0.2) is 82.5 Å². The van der Waals surface area contributed by atoms with Crippen LogP contribution >= 0.6 is 11.8 Å². The SMILES string of the molecule is CN(C)[n+]1cc(NC(=O)CSc2nc(-c3ccccc3)cc(-c3ccccc3)c2C#N)on1. The Labute approximate surface area is 195 Å². The molecule has 2 heterocycles. The number of carbonyl (C=O) groups is 1. The fourth-order valence-electron chi connectivity index (χ4n) is 3.13. The Balaban J connectivity index is 1.63. The van der Waals surface area contributed by atoms with Crippen molar-refractivity contribution in [3.8, 4) is 28.5 Å². The van der Waals surface area contributed by atoms with Crippen LogP contribution in [0.5, 0.6) is 0 Å². The minimum Gasteiger partial charge on any atom is -0.288 e. The molecule has 0 aliphatic carbocycles. The van der Waals surface area contributed by atoms with E-state index in [0.29, 0.717) is 10.6 Å². The topological polar surface area (TPSA) is 98.9 Å². The summed E-state index contributed by atoms with van der Waals surface area (Å²) in [5.74, 6) is -0.0125. The lowest BCUT2D eigenvalue weighted by molar-refractivity contribution is -0.753. The zero-order valence-corrected chi connectivity index (χ0v) is 18.9. The number of amides is 1. The average Bonchev–Trinajstić information content (AvgIpc) is 3.32. The van der Waals surface area contributed by atoms with Gasteiger partial charge in [-0.25, -0.2) is 4.98 Å². The van der Waals surface area contributed by atoms with E-state index in [-0.39, 0.29) is 17.5 Å². The Morgan fingerprint density at radius 2 is 1.79 bits per heavy atom. The highest BCUT2D eigenvalue weighted by atomic mass is 32.2. The second kappa shape index (κ2) is 9.97. The zero-order valence-electron chi connectivity index (χ0n) is 18.1. The first-order valence-corrected chi connectivity index (χ1v) is 11.1. The van der Waals surface area contributed by atoms with E-state index >= 15 is 0 Å². The molecule has 0 bridgehead atoms. The summed E-state index contributed by atoms with van der Waals surface area (Å²) in [4.78, 5) is 18.7. The van der Waals surface area contributed by atoms with Gasteiger partial charge < -0.3 is 0 Å². The Morgan fingerprint density at radius 3 is 2.39 bits per heavy atom. The van der Waals surface area contributed by atoms with E-state index in [1.807, 2.05) is 66.7 Å². The minimum absolute atomic E-state index is 0.0524. The first kappa shape index (κ1) is 22.0. The van der Waals surface area contributed by atoms with Crippen LogP contribution in [0, 0.1) is 11.3 Å². The number of anilines is 1. The number of hydrogen-bond acceptors (Lipinski definition) is 7. The van der Waals surface area contributed by atoms with Crippen LogP contribution in [-0.4, -0.2) is 36.0 Å². The molecule has 2 aromatic heterocycles. The fraction of sp³-hybridized carbons (Fsp3) is 0.125. The van der Waals surface area contributed by atoms with Crippen molar-refractivity contribution in [1.82, 2.24) is 10.3 Å². The van der Waals surface area contributed by atoms with Gasteiger partial charge in [-0.05, 0) is 11.6 Å². The smallest absolute Gasteiger partial charge is 0.288 e. The van der Waals surface area contributed by atoms with Gasteiger partial charge in [0.2, 0.25) is 11.2 Å². The van der Waals surface area contributed by atoms with Crippen LogP contribution < -0.4 is 15.1 Å². The van der Waals surface area contributed by atoms with Crippen molar-refractivity contribution in [2.45, 2.75) is 5.03 Å². The van der Waals surface area contributed by atoms with Gasteiger partial charge in [0.05, 0.1) is 35.9 Å². The molecule has 9 heteroatoms. The lowest BCUT2D eigenvalue weighted by Gasteiger charge is -2.12. The zero-order chi connectivity index (χ0) is 23.2. The first-order chi connectivity index (χ1) is 16.0. The minimum atomic E-state index is -0.292. The third kappa shape index (κ3) is 5.19. The summed E-state index contributed by atoms with van der Waals surface area (Å²) >= 11 is 1.20. The van der Waals surface area contributed by atoms with Gasteiger partial charge in [0.25, 0.3) is 6.20 Å². The average molecular weight is 458 g/mol. The number of benzene rings is 2. The molecule has 0 radical (unpaired) electrons. The number of nitriles is 1. The van der Waals surface area contributed by atoms with Crippen LogP contribution in [0.1, 0.15) is 5.56 Å². The molecule has 8 nitrogen and oxygen atoms in total. The van der Waals surface area contributed by atoms with Gasteiger partial charge in [0.1, 0.15) is 11.1 Å². The largest absolute Gasteiger partial charge is 0.305 e. The highest BCUT2D eigenvalue weighted by molar-refractivity contribution is 8.00. The molecule has 4 aromatic rings. The van der Waals surface area contributed by atoms with E-state index < -0.39 is 0 Å². The predicted molar refractivity (Wildman–Crippen MR) is 126 cm³/mol. The first-order valence-electron chi connectivity index (χ1n) is 10.1. The maximum atomic E-state index is 12.5. The van der Waals surface area contributed by atoms with Crippen molar-refractivity contribution >= 4 is 23.6 Å². The molecule has 2 aromatic carbocycles. The number of nitrogens with zero attached hydrogens (tertiary/aromatic N) is 5. The van der Waals surface area contributed by atoms with Crippen molar-refractivity contribution < 1.29 is 14.1 Å². The molecule has 1 amide bonds. The van der Waals surface area contributed by atoms with Crippen molar-refractivity contribution in [2.75, 3.05) is 30.2 Å². The van der Waals surface area contributed by atoms with Gasteiger partial charge >= 0.3 is 5.88 Å². The van der Waals surface area contributed by atoms with E-state index in [4.69, 9.17) is 9.51 Å². The quantitative estimate of drug-likeness (QED) is 0.335. The van der Waals surface area contributed by atoms with Crippen molar-refractivity contribution in [1.29, 1.82) is 5.26 Å². The number of pyridine rings is 1. The van der Waals surface area contributed by atoms with Crippen LogP contribution in [0.4, 0.5) is 5.88 Å². The second-order valence-corrected chi connectivity index (χ2v) is 8.21. The molecule has 0 spiro atoms. The molecule has 0 unspecified atom stereocenters. The summed E-state index contributed by atoms with van der Waals surface area (Å²) in [6.07, 6.45) is 1.56. The lowest BCUT2D eigenvalue weighted by atomic mass is 9.99. The van der Waals surface area contributed by atoms with Gasteiger partial charge in [-0.1, -0.05) is 72.4 Å². The lowest BCUT2D eigenvalue weighted by Crippen LogP contribution is -2.53. The maximum Gasteiger partial charge on any atom is 0.305 e. The molecule has 0 saturated carbocycles. The van der Waals surface area contributed by atoms with Crippen LogP contribution in [0.2, 0.25) is 0 Å². The van der Waals surface area contributed by atoms with E-state index in [1.54, 1.807) is 25.3 Å². The summed E-state index contributed by atoms with van der Waals surface area (Å²) in [7, 11) is 3.59. The normalized spacial score (nSPS) is 10.5. The van der Waals surface area contributed by atoms with E-state index in [1.165, 1.54) is 16.6 Å². The molecule has 1 N–H and O–H groups in total. The molecular formula is C24H21N6O2S+. The van der Waals surface area contributed by atoms with Gasteiger partial charge in [0.15, 0.2) is 0 Å². The summed E-state index contributed by atoms with van der Waals surface area (Å²) in [6.45, 7) is 0. The van der Waals surface area contributed by atoms with E-state index in [9.17, 15) is 10.1 Å². The fourth-order valence-corrected chi connectivity index (χ4v) is 3.93. The number of thioether (sulfide) groups is 1. The Bertz CT molecular complexity index is 1300. The molecule has 4 rings (SSSR count). The number of nitrogens with one attached hydrogen (secondary N) is 1. The van der Waals surface area contributed by atoms with Crippen molar-refractivity contribution in [3.05, 3.63) is 78.5 Å². The molecule has 33 heavy (non-hydrogen) atoms. The van der Waals surface area contributed by atoms with E-state index in [2.05, 4.69) is 16.7 Å². The Hall–Kier alpha value is -4.16. The van der Waals surface area contributed by atoms with Crippen molar-refractivity contribution in [2.24, 2.45) is 0 Å². The molecule has 164 valence electrons. The van der Waals surface area contributed by atoms with Crippen molar-refractivity contribution in [3.63, 3.8) is 0 Å². The standard InChI is InChI=1S/C24H20N6O2S/c1-29(2)30-15-23(32-28-30)27-22(31)16-33-24-20(14-25)19(17-9-5-3-6-10-17)13-21(26-24)18-11-7-4-8-12-18/h3-13,15H,16H2,1-2H3/p+1. The second-order valence-electron chi connectivity index (χ2n) is 7.25. The number of aromatic nitrogens is 3. The number of carbonyl (C=O) groups excluding carboxylic acids is 1. The predicted octanol–water partition coefficient (Wildman–Crippen LogP) is 3.49. The molecule has 0 atom stereocenters. The molecule has 0 saturated heterocycles. The van der Waals surface area contributed by atoms with E-state index in [0.717, 1.165) is 22.4 Å². The number of rotatable bonds is 7. The van der Waals surface area contributed by atoms with Crippen LogP contribution in [0.25, 0.3) is 22.4 Å². The summed E-state index contributed by atoms with van der Waals surface area (Å²) in [5.41, 5.74) is 3.79. The Morgan fingerprint density at radius 1 is 1.12 bits per heavy atom.